The van der Waals surface area contributed by atoms with Crippen LogP contribution in [0, 0.1) is 0 Å². The molecule has 15 heteroatoms. The summed E-state index contributed by atoms with van der Waals surface area (Å²) in [5, 5.41) is 3.31. The Morgan fingerprint density at radius 2 is 1.81 bits per heavy atom. The molecule has 0 saturated carbocycles. The molecule has 0 fully saturated rings. The van der Waals surface area contributed by atoms with Gasteiger partial charge in [-0.3, -0.25) is 28.7 Å². The fourth-order valence-corrected chi connectivity index (χ4v) is 5.91. The van der Waals surface area contributed by atoms with E-state index >= 15 is 0 Å². The molecule has 1 atom stereocenters. The zero-order valence-corrected chi connectivity index (χ0v) is 26.9. The third-order valence-corrected chi connectivity index (χ3v) is 8.92. The number of hydrogen-bond donors (Lipinski definition) is 1. The number of halogens is 5. The lowest BCUT2D eigenvalue weighted by molar-refractivity contribution is -0.153. The number of hydrogen-bond acceptors (Lipinski definition) is 6. The first-order chi connectivity index (χ1) is 22.4. The van der Waals surface area contributed by atoms with Crippen LogP contribution in [-0.4, -0.2) is 55.1 Å². The standard InChI is InChI=1S/C32H25BrClF3N6O4/c1-18(22-3-2-4-25-27(22)39-12-11-38-25)40-29(44)28-26-16-41(30(45)19-5-10-23(33)24(34)15-19)13-14-42(26)31(46)43(28)20-6-8-21(9-7-20)47-17-32(35,36)37/h2-12,15,18H,13-14,16-17H2,1H3,(H,40,44)/t18-/m0/s1. The summed E-state index contributed by atoms with van der Waals surface area (Å²) >= 11 is 9.55. The lowest BCUT2D eigenvalue weighted by atomic mass is 10.1. The van der Waals surface area contributed by atoms with Crippen LogP contribution < -0.4 is 15.7 Å². The van der Waals surface area contributed by atoms with Crippen molar-refractivity contribution in [2.24, 2.45) is 0 Å². The number of benzene rings is 3. The molecule has 1 aliphatic rings. The highest BCUT2D eigenvalue weighted by atomic mass is 79.9. The minimum Gasteiger partial charge on any atom is -0.484 e. The highest BCUT2D eigenvalue weighted by Crippen LogP contribution is 2.28. The van der Waals surface area contributed by atoms with Crippen LogP contribution >= 0.6 is 27.5 Å². The number of carbonyl (C=O) groups excluding carboxylic acids is 2. The zero-order chi connectivity index (χ0) is 33.5. The molecule has 3 heterocycles. The molecule has 3 aromatic carbocycles. The fourth-order valence-electron chi connectivity index (χ4n) is 5.48. The number of aromatic nitrogens is 4. The molecule has 0 spiro atoms. The lowest BCUT2D eigenvalue weighted by Crippen LogP contribution is -2.41. The third-order valence-electron chi connectivity index (χ3n) is 7.69. The van der Waals surface area contributed by atoms with Crippen molar-refractivity contribution >= 4 is 50.4 Å². The average Bonchev–Trinajstić information content (AvgIpc) is 3.35. The van der Waals surface area contributed by atoms with Crippen LogP contribution in [0.3, 0.4) is 0 Å². The Kier molecular flexibility index (Phi) is 8.81. The average molecular weight is 730 g/mol. The predicted molar refractivity (Wildman–Crippen MR) is 171 cm³/mol. The summed E-state index contributed by atoms with van der Waals surface area (Å²) in [5.41, 5.74) is 2.21. The van der Waals surface area contributed by atoms with Crippen molar-refractivity contribution in [1.82, 2.24) is 29.3 Å². The highest BCUT2D eigenvalue weighted by Gasteiger charge is 2.33. The number of imidazole rings is 1. The van der Waals surface area contributed by atoms with Crippen LogP contribution in [0.4, 0.5) is 13.2 Å². The minimum atomic E-state index is -4.53. The molecule has 2 amide bonds. The normalized spacial score (nSPS) is 13.7. The van der Waals surface area contributed by atoms with Crippen molar-refractivity contribution in [3.63, 3.8) is 0 Å². The molecule has 0 saturated heterocycles. The first-order valence-corrected chi connectivity index (χ1v) is 15.5. The van der Waals surface area contributed by atoms with Gasteiger partial charge in [-0.2, -0.15) is 13.2 Å². The van der Waals surface area contributed by atoms with E-state index in [0.717, 1.165) is 0 Å². The van der Waals surface area contributed by atoms with Crippen LogP contribution in [0.25, 0.3) is 16.7 Å². The van der Waals surface area contributed by atoms with Gasteiger partial charge < -0.3 is 15.0 Å². The number of amides is 2. The molecular formula is C32H25BrClF3N6O4. The maximum Gasteiger partial charge on any atom is 0.422 e. The van der Waals surface area contributed by atoms with E-state index in [1.165, 1.54) is 44.4 Å². The monoisotopic (exact) mass is 728 g/mol. The second-order valence-electron chi connectivity index (χ2n) is 10.8. The van der Waals surface area contributed by atoms with Gasteiger partial charge in [0.25, 0.3) is 11.8 Å². The van der Waals surface area contributed by atoms with Gasteiger partial charge in [-0.15, -0.1) is 0 Å². The lowest BCUT2D eigenvalue weighted by Gasteiger charge is -2.28. The molecule has 0 bridgehead atoms. The van der Waals surface area contributed by atoms with Crippen molar-refractivity contribution < 1.29 is 27.5 Å². The van der Waals surface area contributed by atoms with Crippen LogP contribution in [0.1, 0.15) is 45.1 Å². The molecule has 1 N–H and O–H groups in total. The Bertz CT molecular complexity index is 2060. The molecular weight excluding hydrogens is 705 g/mol. The Hall–Kier alpha value is -4.69. The van der Waals surface area contributed by atoms with E-state index in [2.05, 4.69) is 31.2 Å². The molecule has 242 valence electrons. The van der Waals surface area contributed by atoms with Gasteiger partial charge in [-0.1, -0.05) is 23.7 Å². The van der Waals surface area contributed by atoms with Crippen molar-refractivity contribution in [2.45, 2.75) is 32.2 Å². The Morgan fingerprint density at radius 1 is 1.06 bits per heavy atom. The quantitative estimate of drug-likeness (QED) is 0.217. The Balaban J connectivity index is 1.39. The second-order valence-corrected chi connectivity index (χ2v) is 12.0. The number of ether oxygens (including phenoxy) is 1. The van der Waals surface area contributed by atoms with Crippen molar-refractivity contribution in [2.75, 3.05) is 13.2 Å². The first kappa shape index (κ1) is 32.3. The fraction of sp³-hybridized carbons (Fsp3) is 0.219. The molecule has 0 aliphatic carbocycles. The van der Waals surface area contributed by atoms with E-state index in [4.69, 9.17) is 16.3 Å². The Morgan fingerprint density at radius 3 is 2.53 bits per heavy atom. The number of alkyl halides is 3. The van der Waals surface area contributed by atoms with Gasteiger partial charge in [-0.25, -0.2) is 4.79 Å². The molecule has 6 rings (SSSR count). The Labute approximate surface area is 278 Å². The molecule has 1 aliphatic heterocycles. The molecule has 10 nitrogen and oxygen atoms in total. The van der Waals surface area contributed by atoms with Crippen molar-refractivity contribution in [3.05, 3.63) is 116 Å². The third kappa shape index (κ3) is 6.60. The van der Waals surface area contributed by atoms with Crippen LogP contribution in [0.5, 0.6) is 5.75 Å². The predicted octanol–water partition coefficient (Wildman–Crippen LogP) is 6.09. The van der Waals surface area contributed by atoms with Gasteiger partial charge >= 0.3 is 11.9 Å². The summed E-state index contributed by atoms with van der Waals surface area (Å²) in [7, 11) is 0. The molecule has 47 heavy (non-hydrogen) atoms. The number of rotatable bonds is 7. The highest BCUT2D eigenvalue weighted by molar-refractivity contribution is 9.10. The molecule has 2 aromatic heterocycles. The van der Waals surface area contributed by atoms with Crippen LogP contribution in [0.2, 0.25) is 5.02 Å². The summed E-state index contributed by atoms with van der Waals surface area (Å²) in [6.07, 6.45) is -1.41. The van der Waals surface area contributed by atoms with Gasteiger partial charge in [0.2, 0.25) is 0 Å². The van der Waals surface area contributed by atoms with Gasteiger partial charge in [0, 0.05) is 41.1 Å². The van der Waals surface area contributed by atoms with E-state index in [1.807, 2.05) is 6.07 Å². The summed E-state index contributed by atoms with van der Waals surface area (Å²) in [6, 6.07) is 15.0. The first-order valence-electron chi connectivity index (χ1n) is 14.3. The maximum absolute atomic E-state index is 14.2. The van der Waals surface area contributed by atoms with Crippen LogP contribution in [-0.2, 0) is 13.1 Å². The van der Waals surface area contributed by atoms with Gasteiger partial charge in [0.1, 0.15) is 11.4 Å². The summed E-state index contributed by atoms with van der Waals surface area (Å²) in [4.78, 5) is 51.8. The topological polar surface area (TPSA) is 111 Å². The minimum absolute atomic E-state index is 0.0246. The van der Waals surface area contributed by atoms with E-state index < -0.39 is 30.4 Å². The number of fused-ring (bicyclic) bond motifs is 2. The van der Waals surface area contributed by atoms with E-state index in [0.29, 0.717) is 31.7 Å². The SMILES string of the molecule is C[C@H](NC(=O)c1c2n(c(=O)n1-c1ccc(OCC(F)(F)F)cc1)CCN(C(=O)c1ccc(Br)c(Cl)c1)C2)c1cccc2nccnc12. The van der Waals surface area contributed by atoms with Gasteiger partial charge in [0.15, 0.2) is 6.61 Å². The summed E-state index contributed by atoms with van der Waals surface area (Å²) in [6.45, 7) is 0.494. The van der Waals surface area contributed by atoms with Gasteiger partial charge in [-0.05, 0) is 71.4 Å². The maximum atomic E-state index is 14.2. The zero-order valence-electron chi connectivity index (χ0n) is 24.6. The van der Waals surface area contributed by atoms with Crippen LogP contribution in [0.15, 0.2) is 82.3 Å². The number of nitrogens with zero attached hydrogens (tertiary/aromatic N) is 5. The largest absolute Gasteiger partial charge is 0.484 e. The number of para-hydroxylation sites is 1. The van der Waals surface area contributed by atoms with E-state index in [-0.39, 0.29) is 48.4 Å². The van der Waals surface area contributed by atoms with E-state index in [1.54, 1.807) is 43.6 Å². The molecule has 0 radical (unpaired) electrons. The molecule has 5 aromatic rings. The smallest absolute Gasteiger partial charge is 0.422 e. The molecule has 0 unspecified atom stereocenters. The number of nitrogens with one attached hydrogen (secondary N) is 1. The van der Waals surface area contributed by atoms with Crippen molar-refractivity contribution in [1.29, 1.82) is 0 Å². The van der Waals surface area contributed by atoms with E-state index in [9.17, 15) is 27.6 Å². The summed E-state index contributed by atoms with van der Waals surface area (Å²) in [5.74, 6) is -1.02. The summed E-state index contributed by atoms with van der Waals surface area (Å²) < 4.78 is 46.2. The van der Waals surface area contributed by atoms with Crippen molar-refractivity contribution in [3.8, 4) is 11.4 Å². The second kappa shape index (κ2) is 12.8. The van der Waals surface area contributed by atoms with Gasteiger partial charge in [0.05, 0.1) is 40.0 Å². The number of carbonyl (C=O) groups is 2.